The van der Waals surface area contributed by atoms with Crippen LogP contribution in [0.2, 0.25) is 10.0 Å². The van der Waals surface area contributed by atoms with Gasteiger partial charge in [-0.15, -0.1) is 0 Å². The SMILES string of the molecule is Cc1ccc(Cl)c(NC(=O)N(C)C)c1Cl. The second-order valence-electron chi connectivity index (χ2n) is 3.38. The van der Waals surface area contributed by atoms with Gasteiger partial charge in [0.25, 0.3) is 0 Å². The van der Waals surface area contributed by atoms with Crippen molar-refractivity contribution in [3.63, 3.8) is 0 Å². The average Bonchev–Trinajstić information content (AvgIpc) is 2.18. The first-order valence-electron chi connectivity index (χ1n) is 4.36. The van der Waals surface area contributed by atoms with Crippen molar-refractivity contribution in [2.75, 3.05) is 19.4 Å². The summed E-state index contributed by atoms with van der Waals surface area (Å²) in [6.45, 7) is 1.85. The molecule has 1 rings (SSSR count). The van der Waals surface area contributed by atoms with E-state index < -0.39 is 0 Å². The first-order valence-corrected chi connectivity index (χ1v) is 5.12. The summed E-state index contributed by atoms with van der Waals surface area (Å²) in [7, 11) is 3.29. The summed E-state index contributed by atoms with van der Waals surface area (Å²) < 4.78 is 0. The zero-order valence-corrected chi connectivity index (χ0v) is 10.3. The van der Waals surface area contributed by atoms with Crippen molar-refractivity contribution < 1.29 is 4.79 Å². The second-order valence-corrected chi connectivity index (χ2v) is 4.16. The predicted octanol–water partition coefficient (Wildman–Crippen LogP) is 3.40. The van der Waals surface area contributed by atoms with Crippen LogP contribution in [0.3, 0.4) is 0 Å². The largest absolute Gasteiger partial charge is 0.331 e. The summed E-state index contributed by atoms with van der Waals surface area (Å²) in [6, 6.07) is 3.24. The summed E-state index contributed by atoms with van der Waals surface area (Å²) in [4.78, 5) is 12.8. The molecule has 1 aromatic rings. The van der Waals surface area contributed by atoms with Gasteiger partial charge in [0.1, 0.15) is 0 Å². The van der Waals surface area contributed by atoms with Crippen molar-refractivity contribution >= 4 is 34.9 Å². The van der Waals surface area contributed by atoms with Crippen LogP contribution >= 0.6 is 23.2 Å². The molecule has 0 aliphatic heterocycles. The smallest absolute Gasteiger partial charge is 0.321 e. The number of carbonyl (C=O) groups is 1. The highest BCUT2D eigenvalue weighted by Crippen LogP contribution is 2.32. The molecule has 82 valence electrons. The zero-order valence-electron chi connectivity index (χ0n) is 8.77. The van der Waals surface area contributed by atoms with Gasteiger partial charge in [-0.2, -0.15) is 0 Å². The van der Waals surface area contributed by atoms with Gasteiger partial charge in [0.15, 0.2) is 0 Å². The molecule has 0 aliphatic rings. The van der Waals surface area contributed by atoms with Crippen molar-refractivity contribution in [1.29, 1.82) is 0 Å². The number of amides is 2. The molecule has 0 heterocycles. The predicted molar refractivity (Wildman–Crippen MR) is 63.9 cm³/mol. The Morgan fingerprint density at radius 1 is 1.33 bits per heavy atom. The Bertz CT molecular complexity index is 391. The molecule has 5 heteroatoms. The van der Waals surface area contributed by atoms with E-state index >= 15 is 0 Å². The zero-order chi connectivity index (χ0) is 11.6. The summed E-state index contributed by atoms with van der Waals surface area (Å²) in [5.41, 5.74) is 1.33. The first-order chi connectivity index (χ1) is 6.93. The number of nitrogens with zero attached hydrogens (tertiary/aromatic N) is 1. The standard InChI is InChI=1S/C10H12Cl2N2O/c1-6-4-5-7(11)9(8(6)12)13-10(15)14(2)3/h4-5H,1-3H3,(H,13,15). The summed E-state index contributed by atoms with van der Waals surface area (Å²) >= 11 is 12.0. The monoisotopic (exact) mass is 246 g/mol. The molecule has 0 radical (unpaired) electrons. The summed E-state index contributed by atoms with van der Waals surface area (Å²) in [6.07, 6.45) is 0. The van der Waals surface area contributed by atoms with E-state index in [-0.39, 0.29) is 6.03 Å². The van der Waals surface area contributed by atoms with Crippen LogP contribution in [-0.4, -0.2) is 25.0 Å². The first kappa shape index (κ1) is 12.1. The number of hydrogen-bond donors (Lipinski definition) is 1. The molecule has 0 aliphatic carbocycles. The Morgan fingerprint density at radius 2 is 1.93 bits per heavy atom. The van der Waals surface area contributed by atoms with Gasteiger partial charge in [0.05, 0.1) is 15.7 Å². The van der Waals surface area contributed by atoms with Gasteiger partial charge >= 0.3 is 6.03 Å². The molecular weight excluding hydrogens is 235 g/mol. The Kier molecular flexibility index (Phi) is 3.83. The lowest BCUT2D eigenvalue weighted by atomic mass is 10.2. The fourth-order valence-corrected chi connectivity index (χ4v) is 1.46. The fraction of sp³-hybridized carbons (Fsp3) is 0.300. The van der Waals surface area contributed by atoms with Crippen molar-refractivity contribution in [3.05, 3.63) is 27.7 Å². The van der Waals surface area contributed by atoms with Gasteiger partial charge in [-0.3, -0.25) is 0 Å². The Morgan fingerprint density at radius 3 is 2.47 bits per heavy atom. The number of halogens is 2. The maximum atomic E-state index is 11.4. The van der Waals surface area contributed by atoms with E-state index in [0.717, 1.165) is 5.56 Å². The van der Waals surface area contributed by atoms with Crippen LogP contribution in [0.15, 0.2) is 12.1 Å². The van der Waals surface area contributed by atoms with Crippen LogP contribution in [0, 0.1) is 6.92 Å². The number of rotatable bonds is 1. The van der Waals surface area contributed by atoms with E-state index in [0.29, 0.717) is 15.7 Å². The lowest BCUT2D eigenvalue weighted by molar-refractivity contribution is 0.230. The molecule has 0 bridgehead atoms. The molecule has 3 nitrogen and oxygen atoms in total. The number of carbonyl (C=O) groups excluding carboxylic acids is 1. The quantitative estimate of drug-likeness (QED) is 0.810. The van der Waals surface area contributed by atoms with Crippen LogP contribution in [0.5, 0.6) is 0 Å². The molecule has 1 N–H and O–H groups in total. The molecular formula is C10H12Cl2N2O. The highest BCUT2D eigenvalue weighted by Gasteiger charge is 2.12. The topological polar surface area (TPSA) is 32.3 Å². The normalized spacial score (nSPS) is 9.93. The van der Waals surface area contributed by atoms with Crippen LogP contribution in [-0.2, 0) is 0 Å². The number of benzene rings is 1. The number of urea groups is 1. The number of nitrogens with one attached hydrogen (secondary N) is 1. The van der Waals surface area contributed by atoms with Crippen molar-refractivity contribution in [2.24, 2.45) is 0 Å². The number of hydrogen-bond acceptors (Lipinski definition) is 1. The molecule has 2 amide bonds. The molecule has 0 saturated carbocycles. The molecule has 0 unspecified atom stereocenters. The van der Waals surface area contributed by atoms with Gasteiger partial charge in [-0.05, 0) is 18.6 Å². The van der Waals surface area contributed by atoms with Gasteiger partial charge in [-0.1, -0.05) is 29.3 Å². The van der Waals surface area contributed by atoms with Gasteiger partial charge in [-0.25, -0.2) is 4.79 Å². The van der Waals surface area contributed by atoms with Crippen LogP contribution < -0.4 is 5.32 Å². The molecule has 0 aromatic heterocycles. The van der Waals surface area contributed by atoms with Crippen molar-refractivity contribution in [2.45, 2.75) is 6.92 Å². The molecule has 15 heavy (non-hydrogen) atoms. The lowest BCUT2D eigenvalue weighted by Crippen LogP contribution is -2.27. The third-order valence-electron chi connectivity index (χ3n) is 1.92. The van der Waals surface area contributed by atoms with Crippen LogP contribution in [0.4, 0.5) is 10.5 Å². The van der Waals surface area contributed by atoms with E-state index in [1.165, 1.54) is 4.90 Å². The Hall–Kier alpha value is -0.930. The van der Waals surface area contributed by atoms with Crippen LogP contribution in [0.1, 0.15) is 5.56 Å². The van der Waals surface area contributed by atoms with E-state index in [1.54, 1.807) is 26.2 Å². The van der Waals surface area contributed by atoms with Crippen molar-refractivity contribution in [3.8, 4) is 0 Å². The average molecular weight is 247 g/mol. The Labute approximate surface area is 99.0 Å². The maximum Gasteiger partial charge on any atom is 0.321 e. The van der Waals surface area contributed by atoms with E-state index in [4.69, 9.17) is 23.2 Å². The third-order valence-corrected chi connectivity index (χ3v) is 2.72. The highest BCUT2D eigenvalue weighted by molar-refractivity contribution is 6.40. The minimum absolute atomic E-state index is 0.260. The van der Waals surface area contributed by atoms with Gasteiger partial charge < -0.3 is 10.2 Å². The van der Waals surface area contributed by atoms with Gasteiger partial charge in [0.2, 0.25) is 0 Å². The van der Waals surface area contributed by atoms with E-state index in [1.807, 2.05) is 6.92 Å². The van der Waals surface area contributed by atoms with Gasteiger partial charge in [0, 0.05) is 14.1 Å². The summed E-state index contributed by atoms with van der Waals surface area (Å²) in [5, 5.41) is 3.54. The van der Waals surface area contributed by atoms with E-state index in [2.05, 4.69) is 5.32 Å². The molecule has 0 fully saturated rings. The second kappa shape index (κ2) is 4.73. The summed E-state index contributed by atoms with van der Waals surface area (Å²) in [5.74, 6) is 0. The minimum atomic E-state index is -0.260. The highest BCUT2D eigenvalue weighted by atomic mass is 35.5. The number of aryl methyl sites for hydroxylation is 1. The van der Waals surface area contributed by atoms with E-state index in [9.17, 15) is 4.79 Å². The molecule has 0 saturated heterocycles. The van der Waals surface area contributed by atoms with Crippen LogP contribution in [0.25, 0.3) is 0 Å². The third kappa shape index (κ3) is 2.76. The minimum Gasteiger partial charge on any atom is -0.331 e. The number of anilines is 1. The maximum absolute atomic E-state index is 11.4. The molecule has 1 aromatic carbocycles. The molecule has 0 atom stereocenters. The molecule has 0 spiro atoms. The fourth-order valence-electron chi connectivity index (χ4n) is 0.990. The lowest BCUT2D eigenvalue weighted by Gasteiger charge is -2.15. The Balaban J connectivity index is 3.04. The van der Waals surface area contributed by atoms with Crippen molar-refractivity contribution in [1.82, 2.24) is 4.90 Å².